The minimum Gasteiger partial charge on any atom is -0.368 e. The van der Waals surface area contributed by atoms with E-state index in [-0.39, 0.29) is 11.9 Å². The van der Waals surface area contributed by atoms with E-state index in [4.69, 9.17) is 5.73 Å². The lowest BCUT2D eigenvalue weighted by Gasteiger charge is -2.28. The molecule has 0 saturated heterocycles. The van der Waals surface area contributed by atoms with Gasteiger partial charge in [-0.1, -0.05) is 6.92 Å². The lowest BCUT2D eigenvalue weighted by molar-refractivity contribution is -0.120. The van der Waals surface area contributed by atoms with Crippen molar-refractivity contribution < 1.29 is 4.79 Å². The summed E-state index contributed by atoms with van der Waals surface area (Å²) in [5.41, 5.74) is 5.26. The number of hydrogen-bond acceptors (Lipinski definition) is 3. The summed E-state index contributed by atoms with van der Waals surface area (Å²) in [4.78, 5) is 13.3. The Bertz CT molecular complexity index is 171. The fourth-order valence-electron chi connectivity index (χ4n) is 1.41. The smallest absolute Gasteiger partial charge is 0.235 e. The van der Waals surface area contributed by atoms with E-state index < -0.39 is 0 Å². The summed E-state index contributed by atoms with van der Waals surface area (Å²) < 4.78 is 0. The lowest BCUT2D eigenvalue weighted by Crippen LogP contribution is -2.49. The summed E-state index contributed by atoms with van der Waals surface area (Å²) in [5, 5.41) is 2.93. The van der Waals surface area contributed by atoms with Crippen LogP contribution in [-0.2, 0) is 4.79 Å². The number of likely N-dealkylation sites (N-methyl/N-ethyl adjacent to an activating group) is 1. The maximum atomic E-state index is 11.0. The number of carbonyl (C=O) groups is 1. The summed E-state index contributed by atoms with van der Waals surface area (Å²) in [6.07, 6.45) is 1.09. The van der Waals surface area contributed by atoms with E-state index >= 15 is 0 Å². The number of amides is 1. The second kappa shape index (κ2) is 6.79. The van der Waals surface area contributed by atoms with Gasteiger partial charge in [0.25, 0.3) is 0 Å². The molecule has 1 atom stereocenters. The molecule has 0 aromatic rings. The van der Waals surface area contributed by atoms with Gasteiger partial charge >= 0.3 is 0 Å². The predicted molar refractivity (Wildman–Crippen MR) is 59.0 cm³/mol. The highest BCUT2D eigenvalue weighted by molar-refractivity contribution is 5.80. The molecule has 0 fully saturated rings. The summed E-state index contributed by atoms with van der Waals surface area (Å²) in [6.45, 7) is 8.08. The molecular weight excluding hydrogens is 178 g/mol. The van der Waals surface area contributed by atoms with Gasteiger partial charge in [0.1, 0.15) is 0 Å². The third kappa shape index (κ3) is 4.58. The van der Waals surface area contributed by atoms with Crippen LogP contribution in [0.5, 0.6) is 0 Å². The highest BCUT2D eigenvalue weighted by atomic mass is 16.1. The molecule has 0 heterocycles. The first-order chi connectivity index (χ1) is 6.52. The molecule has 0 aliphatic carbocycles. The van der Waals surface area contributed by atoms with Crippen LogP contribution < -0.4 is 11.1 Å². The lowest BCUT2D eigenvalue weighted by atomic mass is 10.2. The van der Waals surface area contributed by atoms with Crippen LogP contribution in [0, 0.1) is 0 Å². The zero-order chi connectivity index (χ0) is 11.1. The van der Waals surface area contributed by atoms with Gasteiger partial charge in [-0.25, -0.2) is 0 Å². The Kier molecular flexibility index (Phi) is 6.49. The molecule has 0 aromatic heterocycles. The third-order valence-corrected chi connectivity index (χ3v) is 2.35. The number of nitrogens with zero attached hydrogens (tertiary/aromatic N) is 1. The summed E-state index contributed by atoms with van der Waals surface area (Å²) in [5.74, 6) is -0.283. The monoisotopic (exact) mass is 201 g/mol. The Balaban J connectivity index is 4.18. The predicted octanol–water partition coefficient (Wildman–Crippen LogP) is 0.180. The maximum absolute atomic E-state index is 11.0. The molecule has 0 aromatic carbocycles. The van der Waals surface area contributed by atoms with E-state index in [0.717, 1.165) is 13.0 Å². The Morgan fingerprint density at radius 3 is 2.36 bits per heavy atom. The van der Waals surface area contributed by atoms with E-state index in [1.54, 1.807) is 7.05 Å². The van der Waals surface area contributed by atoms with Crippen molar-refractivity contribution in [3.63, 3.8) is 0 Å². The summed E-state index contributed by atoms with van der Waals surface area (Å²) >= 11 is 0. The van der Waals surface area contributed by atoms with Crippen LogP contribution in [0.1, 0.15) is 27.2 Å². The molecule has 3 N–H and O–H groups in total. The molecule has 0 spiro atoms. The highest BCUT2D eigenvalue weighted by Gasteiger charge is 2.18. The fourth-order valence-corrected chi connectivity index (χ4v) is 1.41. The molecule has 4 heteroatoms. The molecule has 1 amide bonds. The Morgan fingerprint density at radius 1 is 1.50 bits per heavy atom. The number of hydrogen-bond donors (Lipinski definition) is 2. The average molecular weight is 201 g/mol. The molecule has 4 nitrogen and oxygen atoms in total. The second-order valence-electron chi connectivity index (χ2n) is 3.83. The standard InChI is InChI=1S/C10H23N3O/c1-5-6-13(8(2)3)7-9(12-4)10(11)14/h8-9,12H,5-7H2,1-4H3,(H2,11,14). The molecule has 0 radical (unpaired) electrons. The zero-order valence-electron chi connectivity index (χ0n) is 9.71. The van der Waals surface area contributed by atoms with Crippen LogP contribution in [-0.4, -0.2) is 43.0 Å². The van der Waals surface area contributed by atoms with Gasteiger partial charge in [-0.3, -0.25) is 9.69 Å². The first kappa shape index (κ1) is 13.4. The normalized spacial score (nSPS) is 13.6. The molecule has 0 aliphatic rings. The van der Waals surface area contributed by atoms with Crippen molar-refractivity contribution in [1.29, 1.82) is 0 Å². The molecule has 0 bridgehead atoms. The van der Waals surface area contributed by atoms with Gasteiger partial charge in [-0.15, -0.1) is 0 Å². The Morgan fingerprint density at radius 2 is 2.07 bits per heavy atom. The van der Waals surface area contributed by atoms with Crippen molar-refractivity contribution in [3.8, 4) is 0 Å². The van der Waals surface area contributed by atoms with Crippen molar-refractivity contribution in [2.75, 3.05) is 20.1 Å². The molecule has 0 aliphatic heterocycles. The van der Waals surface area contributed by atoms with Crippen LogP contribution in [0.15, 0.2) is 0 Å². The number of primary amides is 1. The first-order valence-corrected chi connectivity index (χ1v) is 5.23. The van der Waals surface area contributed by atoms with Crippen LogP contribution in [0.3, 0.4) is 0 Å². The van der Waals surface area contributed by atoms with Gasteiger partial charge in [-0.2, -0.15) is 0 Å². The second-order valence-corrected chi connectivity index (χ2v) is 3.83. The third-order valence-electron chi connectivity index (χ3n) is 2.35. The molecule has 0 saturated carbocycles. The van der Waals surface area contributed by atoms with Crippen molar-refractivity contribution in [1.82, 2.24) is 10.2 Å². The van der Waals surface area contributed by atoms with Crippen LogP contribution >= 0.6 is 0 Å². The van der Waals surface area contributed by atoms with E-state index in [9.17, 15) is 4.79 Å². The summed E-state index contributed by atoms with van der Waals surface area (Å²) in [6, 6.07) is 0.203. The van der Waals surface area contributed by atoms with E-state index in [1.165, 1.54) is 0 Å². The van der Waals surface area contributed by atoms with Gasteiger partial charge in [0.2, 0.25) is 5.91 Å². The maximum Gasteiger partial charge on any atom is 0.235 e. The van der Waals surface area contributed by atoms with Gasteiger partial charge in [-0.05, 0) is 33.9 Å². The SMILES string of the molecule is CCCN(CC(NC)C(N)=O)C(C)C. The topological polar surface area (TPSA) is 58.4 Å². The highest BCUT2D eigenvalue weighted by Crippen LogP contribution is 2.01. The largest absolute Gasteiger partial charge is 0.368 e. The molecule has 1 unspecified atom stereocenters. The average Bonchev–Trinajstić information content (AvgIpc) is 2.11. The van der Waals surface area contributed by atoms with E-state index in [0.29, 0.717) is 12.6 Å². The minimum absolute atomic E-state index is 0.246. The van der Waals surface area contributed by atoms with Crippen molar-refractivity contribution >= 4 is 5.91 Å². The van der Waals surface area contributed by atoms with E-state index in [1.807, 2.05) is 0 Å². The van der Waals surface area contributed by atoms with Gasteiger partial charge in [0.05, 0.1) is 6.04 Å². The molecule has 84 valence electrons. The van der Waals surface area contributed by atoms with Crippen molar-refractivity contribution in [3.05, 3.63) is 0 Å². The fraction of sp³-hybridized carbons (Fsp3) is 0.900. The number of nitrogens with one attached hydrogen (secondary N) is 1. The number of nitrogens with two attached hydrogens (primary N) is 1. The van der Waals surface area contributed by atoms with Gasteiger partial charge < -0.3 is 11.1 Å². The first-order valence-electron chi connectivity index (χ1n) is 5.23. The van der Waals surface area contributed by atoms with E-state index in [2.05, 4.69) is 31.0 Å². The van der Waals surface area contributed by atoms with Crippen LogP contribution in [0.2, 0.25) is 0 Å². The van der Waals surface area contributed by atoms with Crippen LogP contribution in [0.25, 0.3) is 0 Å². The Labute approximate surface area is 86.8 Å². The number of carbonyl (C=O) groups excluding carboxylic acids is 1. The number of rotatable bonds is 7. The van der Waals surface area contributed by atoms with Crippen molar-refractivity contribution in [2.24, 2.45) is 5.73 Å². The van der Waals surface area contributed by atoms with Crippen LogP contribution in [0.4, 0.5) is 0 Å². The quantitative estimate of drug-likeness (QED) is 0.618. The molecular formula is C10H23N3O. The summed E-state index contributed by atoms with van der Waals surface area (Å²) in [7, 11) is 1.76. The van der Waals surface area contributed by atoms with Gasteiger partial charge in [0.15, 0.2) is 0 Å². The zero-order valence-corrected chi connectivity index (χ0v) is 9.71. The van der Waals surface area contributed by atoms with Gasteiger partial charge in [0, 0.05) is 12.6 Å². The Hall–Kier alpha value is -0.610. The van der Waals surface area contributed by atoms with Crippen molar-refractivity contribution in [2.45, 2.75) is 39.3 Å². The minimum atomic E-state index is -0.283. The molecule has 0 rings (SSSR count). The molecule has 14 heavy (non-hydrogen) atoms.